The van der Waals surface area contributed by atoms with Crippen LogP contribution in [0.25, 0.3) is 54.9 Å². The van der Waals surface area contributed by atoms with Gasteiger partial charge in [-0.25, -0.2) is 28.9 Å². The van der Waals surface area contributed by atoms with Gasteiger partial charge in [-0.2, -0.15) is 0 Å². The molecule has 17 nitrogen and oxygen atoms in total. The number of H-pyrrole nitrogens is 2. The van der Waals surface area contributed by atoms with Gasteiger partial charge in [-0.05, 0) is 80.0 Å². The average molecular weight is 957 g/mol. The molecule has 4 N–H and O–H groups in total. The summed E-state index contributed by atoms with van der Waals surface area (Å²) in [5.41, 5.74) is 5.22. The maximum atomic E-state index is 16.9. The first-order valence-electron chi connectivity index (χ1n) is 23.2. The molecule has 0 radical (unpaired) electrons. The van der Waals surface area contributed by atoms with E-state index in [4.69, 9.17) is 29.2 Å². The van der Waals surface area contributed by atoms with Gasteiger partial charge in [0.15, 0.2) is 5.01 Å². The smallest absolute Gasteiger partial charge is 0.407 e. The van der Waals surface area contributed by atoms with E-state index in [1.54, 1.807) is 22.2 Å². The third-order valence-electron chi connectivity index (χ3n) is 13.4. The number of para-hydroxylation sites is 1. The van der Waals surface area contributed by atoms with Crippen molar-refractivity contribution < 1.29 is 37.8 Å². The predicted octanol–water partition coefficient (Wildman–Crippen LogP) is 8.86. The Kier molecular flexibility index (Phi) is 12.1. The summed E-state index contributed by atoms with van der Waals surface area (Å²) in [6.07, 6.45) is 4.25. The highest BCUT2D eigenvalue weighted by molar-refractivity contribution is 7.18. The number of ether oxygens (including phenoxy) is 3. The minimum atomic E-state index is -0.780. The molecule has 0 bridgehead atoms. The number of amides is 4. The Bertz CT molecular complexity index is 3090. The van der Waals surface area contributed by atoms with E-state index in [1.165, 1.54) is 31.6 Å². The van der Waals surface area contributed by atoms with Crippen molar-refractivity contribution in [1.82, 2.24) is 49.9 Å². The first-order valence-corrected chi connectivity index (χ1v) is 24.0. The van der Waals surface area contributed by atoms with E-state index in [9.17, 15) is 19.2 Å². The molecule has 10 rings (SSSR count). The Morgan fingerprint density at radius 3 is 1.96 bits per heavy atom. The van der Waals surface area contributed by atoms with Crippen LogP contribution >= 0.6 is 11.3 Å². The van der Waals surface area contributed by atoms with Gasteiger partial charge in [0.2, 0.25) is 18.0 Å². The Hall–Kier alpha value is -7.28. The van der Waals surface area contributed by atoms with E-state index < -0.39 is 36.3 Å². The highest BCUT2D eigenvalue weighted by Crippen LogP contribution is 2.48. The van der Waals surface area contributed by atoms with Crippen LogP contribution in [0.5, 0.6) is 5.75 Å². The Morgan fingerprint density at radius 2 is 1.38 bits per heavy atom. The number of aromatic amines is 2. The van der Waals surface area contributed by atoms with E-state index in [0.29, 0.717) is 70.9 Å². The lowest BCUT2D eigenvalue weighted by atomic mass is 10.0. The molecule has 7 heterocycles. The number of halogens is 1. The number of carbonyl (C=O) groups excluding carboxylic acids is 4. The number of fused-ring (bicyclic) bond motifs is 6. The van der Waals surface area contributed by atoms with Crippen LogP contribution in [-0.2, 0) is 19.1 Å². The van der Waals surface area contributed by atoms with E-state index in [2.05, 4.69) is 20.6 Å². The summed E-state index contributed by atoms with van der Waals surface area (Å²) in [6, 6.07) is 16.9. The number of aromatic nitrogens is 6. The second-order valence-corrected chi connectivity index (χ2v) is 19.5. The number of methoxy groups -OCH3 is 2. The van der Waals surface area contributed by atoms with Gasteiger partial charge in [-0.3, -0.25) is 14.2 Å². The molecule has 2 fully saturated rings. The molecule has 4 aromatic heterocycles. The number of imidazole rings is 2. The number of thiazole rings is 1. The van der Waals surface area contributed by atoms with Crippen LogP contribution in [0.4, 0.5) is 14.0 Å². The van der Waals surface area contributed by atoms with Crippen LogP contribution in [0.15, 0.2) is 73.1 Å². The van der Waals surface area contributed by atoms with Crippen molar-refractivity contribution in [2.24, 2.45) is 11.8 Å². The van der Waals surface area contributed by atoms with Crippen LogP contribution in [-0.4, -0.2) is 103 Å². The summed E-state index contributed by atoms with van der Waals surface area (Å²) in [5, 5.41) is 6.92. The maximum Gasteiger partial charge on any atom is 0.407 e. The molecule has 2 saturated heterocycles. The van der Waals surface area contributed by atoms with Gasteiger partial charge in [0, 0.05) is 29.6 Å². The lowest BCUT2D eigenvalue weighted by molar-refractivity contribution is -0.136. The molecule has 0 spiro atoms. The highest BCUT2D eigenvalue weighted by Gasteiger charge is 2.40. The van der Waals surface area contributed by atoms with Crippen molar-refractivity contribution >= 4 is 56.5 Å². The van der Waals surface area contributed by atoms with Crippen LogP contribution in [0, 0.1) is 17.7 Å². The standard InChI is InChI=1S/C50H53FN10O7S/c1-25(2)41(57-49(64)66-5)46(62)59-17-9-12-35(59)43-52-23-32(54-43)27-15-16-34-29(19-27)21-37-40-30(51)20-28(22-38(40)68-48(61(34)37)45-56-31-11-7-8-14-39(31)69-45)33-24-53-44(55-33)36-13-10-18-60(36)47(63)42(26(3)4)58-50(65)67-6/h7-8,11,14-16,19-26,35-36,41-42,48H,9-10,12-13,17-18H2,1-6H3,(H,52,54)(H,53,55)(H,57,64)(H,58,65)/t35-,36-,41-,42-,48?/m0/s1. The second-order valence-electron chi connectivity index (χ2n) is 18.5. The number of alkyl carbamates (subject to hydrolysis) is 2. The van der Waals surface area contributed by atoms with Gasteiger partial charge in [0.25, 0.3) is 0 Å². The molecule has 358 valence electrons. The van der Waals surface area contributed by atoms with Crippen LogP contribution in [0.1, 0.15) is 88.3 Å². The van der Waals surface area contributed by atoms with Crippen LogP contribution in [0.3, 0.4) is 0 Å². The summed E-state index contributed by atoms with van der Waals surface area (Å²) < 4.78 is 36.4. The van der Waals surface area contributed by atoms with Crippen molar-refractivity contribution in [2.75, 3.05) is 27.3 Å². The Labute approximate surface area is 400 Å². The molecule has 3 aromatic carbocycles. The Morgan fingerprint density at radius 1 is 0.783 bits per heavy atom. The average Bonchev–Trinajstić information content (AvgIpc) is 4.21. The minimum Gasteiger partial charge on any atom is -0.462 e. The van der Waals surface area contributed by atoms with E-state index in [1.807, 2.05) is 86.9 Å². The number of rotatable bonds is 11. The van der Waals surface area contributed by atoms with Gasteiger partial charge in [0.05, 0.1) is 77.1 Å². The zero-order chi connectivity index (χ0) is 48.2. The lowest BCUT2D eigenvalue weighted by Crippen LogP contribution is -2.51. The molecule has 4 amide bonds. The number of nitrogens with zero attached hydrogens (tertiary/aromatic N) is 6. The number of benzene rings is 3. The molecule has 7 aromatic rings. The fourth-order valence-electron chi connectivity index (χ4n) is 9.95. The van der Waals surface area contributed by atoms with Crippen LogP contribution in [0.2, 0.25) is 0 Å². The third-order valence-corrected chi connectivity index (χ3v) is 14.5. The topological polar surface area (TPSA) is 202 Å². The summed E-state index contributed by atoms with van der Waals surface area (Å²) in [5.74, 6) is 0.296. The molecule has 0 aliphatic carbocycles. The van der Waals surface area contributed by atoms with Crippen molar-refractivity contribution in [2.45, 2.75) is 83.8 Å². The molecule has 3 aliphatic rings. The first-order chi connectivity index (χ1) is 33.3. The molecule has 1 unspecified atom stereocenters. The number of hydrogen-bond acceptors (Lipinski definition) is 11. The summed E-state index contributed by atoms with van der Waals surface area (Å²) >= 11 is 1.51. The Balaban J connectivity index is 0.979. The highest BCUT2D eigenvalue weighted by atomic mass is 32.1. The van der Waals surface area contributed by atoms with Crippen molar-refractivity contribution in [3.63, 3.8) is 0 Å². The monoisotopic (exact) mass is 956 g/mol. The maximum absolute atomic E-state index is 16.9. The summed E-state index contributed by atoms with van der Waals surface area (Å²) in [6.45, 7) is 8.53. The number of likely N-dealkylation sites (tertiary alicyclic amines) is 2. The van der Waals surface area contributed by atoms with E-state index in [-0.39, 0.29) is 35.7 Å². The largest absolute Gasteiger partial charge is 0.462 e. The first kappa shape index (κ1) is 45.5. The van der Waals surface area contributed by atoms with E-state index in [0.717, 1.165) is 45.2 Å². The predicted molar refractivity (Wildman–Crippen MR) is 257 cm³/mol. The fourth-order valence-corrected chi connectivity index (χ4v) is 10.9. The van der Waals surface area contributed by atoms with Gasteiger partial charge < -0.3 is 44.6 Å². The van der Waals surface area contributed by atoms with Crippen LogP contribution < -0.4 is 15.4 Å². The number of hydrogen-bond donors (Lipinski definition) is 4. The minimum absolute atomic E-state index is 0.159. The zero-order valence-corrected chi connectivity index (χ0v) is 39.9. The SMILES string of the molecule is COC(=O)N[C@H](C(=O)N1CCC[C@H]1c1ncc(-c2cc(F)c3c(c2)OC(c2nc4ccccc4s2)n2c-3cc3cc(-c4cnc([C@@H]5CCCN5C(=O)[C@@H](NC(=O)OC)C(C)C)[nH]4)ccc32)[nH]1)C(C)C. The van der Waals surface area contributed by atoms with Gasteiger partial charge >= 0.3 is 12.2 Å². The van der Waals surface area contributed by atoms with Crippen molar-refractivity contribution in [3.05, 3.63) is 95.5 Å². The van der Waals surface area contributed by atoms with E-state index >= 15 is 4.39 Å². The third kappa shape index (κ3) is 8.31. The fraction of sp³-hybridized carbons (Fsp3) is 0.380. The number of carbonyl (C=O) groups is 4. The molecule has 19 heteroatoms. The summed E-state index contributed by atoms with van der Waals surface area (Å²) in [7, 11) is 2.54. The van der Waals surface area contributed by atoms with Gasteiger partial charge in [0.1, 0.15) is 35.3 Å². The molecule has 0 saturated carbocycles. The van der Waals surface area contributed by atoms with Gasteiger partial charge in [-0.15, -0.1) is 11.3 Å². The quantitative estimate of drug-likeness (QED) is 0.0971. The van der Waals surface area contributed by atoms with Crippen molar-refractivity contribution in [1.29, 1.82) is 0 Å². The molecule has 5 atom stereocenters. The molecule has 69 heavy (non-hydrogen) atoms. The lowest BCUT2D eigenvalue weighted by Gasteiger charge is -2.30. The number of nitrogens with one attached hydrogen (secondary N) is 4. The molecular formula is C50H53FN10O7S. The zero-order valence-electron chi connectivity index (χ0n) is 39.0. The van der Waals surface area contributed by atoms with Crippen molar-refractivity contribution in [3.8, 4) is 39.5 Å². The second kappa shape index (κ2) is 18.3. The van der Waals surface area contributed by atoms with Gasteiger partial charge in [-0.1, -0.05) is 45.9 Å². The normalized spacial score (nSPS) is 18.6. The molecule has 3 aliphatic heterocycles. The summed E-state index contributed by atoms with van der Waals surface area (Å²) in [4.78, 5) is 76.7. The molecular weight excluding hydrogens is 904 g/mol.